The first-order valence-corrected chi connectivity index (χ1v) is 7.61. The van der Waals surface area contributed by atoms with Crippen LogP contribution in [0.4, 0.5) is 21.9 Å². The molecule has 0 aliphatic rings. The zero-order chi connectivity index (χ0) is 18.4. The minimum atomic E-state index is -0.535. The van der Waals surface area contributed by atoms with Gasteiger partial charge in [0.15, 0.2) is 0 Å². The highest BCUT2D eigenvalue weighted by molar-refractivity contribution is 5.99. The zero-order valence-electron chi connectivity index (χ0n) is 13.5. The van der Waals surface area contributed by atoms with Crippen LogP contribution in [0, 0.1) is 10.1 Å². The molecule has 8 heteroatoms. The monoisotopic (exact) mass is 350 g/mol. The van der Waals surface area contributed by atoms with E-state index in [4.69, 9.17) is 4.74 Å². The highest BCUT2D eigenvalue weighted by atomic mass is 16.6. The molecule has 0 saturated carbocycles. The summed E-state index contributed by atoms with van der Waals surface area (Å²) in [6.07, 6.45) is 1.12. The fourth-order valence-corrected chi connectivity index (χ4v) is 2.11. The molecular formula is C18H14N4O4. The summed E-state index contributed by atoms with van der Waals surface area (Å²) in [6, 6.07) is 18.1. The molecule has 0 radical (unpaired) electrons. The van der Waals surface area contributed by atoms with Gasteiger partial charge >= 0.3 is 6.03 Å². The molecule has 130 valence electrons. The van der Waals surface area contributed by atoms with Crippen molar-refractivity contribution >= 4 is 23.1 Å². The Hall–Kier alpha value is -3.94. The second-order valence-corrected chi connectivity index (χ2v) is 5.19. The molecule has 0 fully saturated rings. The average molecular weight is 350 g/mol. The number of amides is 2. The van der Waals surface area contributed by atoms with Gasteiger partial charge < -0.3 is 15.4 Å². The molecule has 0 saturated heterocycles. The van der Waals surface area contributed by atoms with Gasteiger partial charge in [-0.15, -0.1) is 0 Å². The van der Waals surface area contributed by atoms with Crippen molar-refractivity contribution in [1.82, 2.24) is 4.98 Å². The Bertz CT molecular complexity index is 914. The minimum absolute atomic E-state index is 0.120. The Morgan fingerprint density at radius 1 is 0.962 bits per heavy atom. The number of anilines is 2. The van der Waals surface area contributed by atoms with Crippen LogP contribution in [0.15, 0.2) is 72.9 Å². The first kappa shape index (κ1) is 16.9. The van der Waals surface area contributed by atoms with Crippen LogP contribution in [-0.2, 0) is 0 Å². The van der Waals surface area contributed by atoms with Crippen LogP contribution in [0.5, 0.6) is 11.6 Å². The van der Waals surface area contributed by atoms with E-state index in [2.05, 4.69) is 15.6 Å². The van der Waals surface area contributed by atoms with Gasteiger partial charge in [0.2, 0.25) is 5.88 Å². The van der Waals surface area contributed by atoms with Gasteiger partial charge in [-0.3, -0.25) is 10.1 Å². The van der Waals surface area contributed by atoms with Crippen LogP contribution in [0.25, 0.3) is 0 Å². The SMILES string of the molecule is O=C(Nc1ccccc1)Nc1cccc(Oc2ccc([N+](=O)[O-])cn2)c1. The predicted octanol–water partition coefficient (Wildman–Crippen LogP) is 4.43. The summed E-state index contributed by atoms with van der Waals surface area (Å²) in [4.78, 5) is 26.0. The summed E-state index contributed by atoms with van der Waals surface area (Å²) in [7, 11) is 0. The molecule has 8 nitrogen and oxygen atoms in total. The number of hydrogen-bond acceptors (Lipinski definition) is 5. The number of nitrogens with zero attached hydrogens (tertiary/aromatic N) is 2. The maximum absolute atomic E-state index is 12.0. The van der Waals surface area contributed by atoms with E-state index >= 15 is 0 Å². The Labute approximate surface area is 148 Å². The third-order valence-electron chi connectivity index (χ3n) is 3.28. The number of carbonyl (C=O) groups is 1. The summed E-state index contributed by atoms with van der Waals surface area (Å²) >= 11 is 0. The molecule has 0 spiro atoms. The lowest BCUT2D eigenvalue weighted by atomic mass is 10.3. The third-order valence-corrected chi connectivity index (χ3v) is 3.28. The second kappa shape index (κ2) is 7.75. The number of nitrogens with one attached hydrogen (secondary N) is 2. The first-order valence-electron chi connectivity index (χ1n) is 7.61. The molecule has 26 heavy (non-hydrogen) atoms. The van der Waals surface area contributed by atoms with Crippen LogP contribution < -0.4 is 15.4 Å². The number of carbonyl (C=O) groups excluding carboxylic acids is 1. The number of urea groups is 1. The van der Waals surface area contributed by atoms with E-state index in [-0.39, 0.29) is 17.6 Å². The molecule has 0 aliphatic carbocycles. The third kappa shape index (κ3) is 4.54. The van der Waals surface area contributed by atoms with Crippen molar-refractivity contribution in [3.05, 3.63) is 83.0 Å². The van der Waals surface area contributed by atoms with Crippen molar-refractivity contribution in [1.29, 1.82) is 0 Å². The van der Waals surface area contributed by atoms with Crippen molar-refractivity contribution in [2.45, 2.75) is 0 Å². The van der Waals surface area contributed by atoms with Gasteiger partial charge in [0.1, 0.15) is 11.9 Å². The molecule has 0 atom stereocenters. The van der Waals surface area contributed by atoms with E-state index in [9.17, 15) is 14.9 Å². The fourth-order valence-electron chi connectivity index (χ4n) is 2.11. The van der Waals surface area contributed by atoms with Crippen LogP contribution >= 0.6 is 0 Å². The van der Waals surface area contributed by atoms with Crippen molar-refractivity contribution in [3.63, 3.8) is 0 Å². The largest absolute Gasteiger partial charge is 0.439 e. The van der Waals surface area contributed by atoms with Crippen molar-refractivity contribution in [2.24, 2.45) is 0 Å². The molecule has 2 amide bonds. The molecule has 1 heterocycles. The summed E-state index contributed by atoms with van der Waals surface area (Å²) in [5, 5.41) is 16.0. The molecule has 1 aromatic heterocycles. The van der Waals surface area contributed by atoms with Crippen LogP contribution in [0.2, 0.25) is 0 Å². The Morgan fingerprint density at radius 3 is 2.38 bits per heavy atom. The maximum Gasteiger partial charge on any atom is 0.323 e. The number of aromatic nitrogens is 1. The van der Waals surface area contributed by atoms with Gasteiger partial charge in [-0.25, -0.2) is 9.78 Å². The van der Waals surface area contributed by atoms with E-state index < -0.39 is 4.92 Å². The lowest BCUT2D eigenvalue weighted by Gasteiger charge is -2.09. The smallest absolute Gasteiger partial charge is 0.323 e. The van der Waals surface area contributed by atoms with Crippen molar-refractivity contribution in [3.8, 4) is 11.6 Å². The molecule has 0 bridgehead atoms. The Balaban J connectivity index is 1.64. The number of nitro groups is 1. The van der Waals surface area contributed by atoms with Gasteiger partial charge in [0.25, 0.3) is 5.69 Å². The van der Waals surface area contributed by atoms with Crippen molar-refractivity contribution in [2.75, 3.05) is 10.6 Å². The van der Waals surface area contributed by atoms with E-state index in [0.717, 1.165) is 6.20 Å². The zero-order valence-corrected chi connectivity index (χ0v) is 13.5. The lowest BCUT2D eigenvalue weighted by Crippen LogP contribution is -2.19. The van der Waals surface area contributed by atoms with Crippen molar-refractivity contribution < 1.29 is 14.5 Å². The van der Waals surface area contributed by atoms with Gasteiger partial charge in [0, 0.05) is 29.6 Å². The van der Waals surface area contributed by atoms with E-state index in [1.807, 2.05) is 18.2 Å². The number of benzene rings is 2. The Morgan fingerprint density at radius 2 is 1.69 bits per heavy atom. The average Bonchev–Trinajstić information content (AvgIpc) is 2.63. The maximum atomic E-state index is 12.0. The molecule has 0 unspecified atom stereocenters. The number of para-hydroxylation sites is 1. The number of rotatable bonds is 5. The molecule has 2 N–H and O–H groups in total. The van der Waals surface area contributed by atoms with Crippen LogP contribution in [-0.4, -0.2) is 15.9 Å². The van der Waals surface area contributed by atoms with Gasteiger partial charge in [-0.05, 0) is 24.3 Å². The molecular weight excluding hydrogens is 336 g/mol. The lowest BCUT2D eigenvalue weighted by molar-refractivity contribution is -0.385. The summed E-state index contributed by atoms with van der Waals surface area (Å²) in [5.41, 5.74) is 1.08. The van der Waals surface area contributed by atoms with Gasteiger partial charge in [0.05, 0.1) is 4.92 Å². The fraction of sp³-hybridized carbons (Fsp3) is 0. The number of pyridine rings is 1. The molecule has 3 aromatic rings. The number of ether oxygens (including phenoxy) is 1. The minimum Gasteiger partial charge on any atom is -0.439 e. The summed E-state index contributed by atoms with van der Waals surface area (Å²) < 4.78 is 5.55. The van der Waals surface area contributed by atoms with Crippen LogP contribution in [0.3, 0.4) is 0 Å². The topological polar surface area (TPSA) is 106 Å². The molecule has 0 aliphatic heterocycles. The summed E-state index contributed by atoms with van der Waals surface area (Å²) in [6.45, 7) is 0. The van der Waals surface area contributed by atoms with Crippen LogP contribution in [0.1, 0.15) is 0 Å². The highest BCUT2D eigenvalue weighted by Crippen LogP contribution is 2.24. The Kier molecular flexibility index (Phi) is 5.04. The molecule has 3 rings (SSSR count). The predicted molar refractivity (Wildman–Crippen MR) is 96.5 cm³/mol. The van der Waals surface area contributed by atoms with Gasteiger partial charge in [-0.1, -0.05) is 24.3 Å². The highest BCUT2D eigenvalue weighted by Gasteiger charge is 2.08. The second-order valence-electron chi connectivity index (χ2n) is 5.19. The summed E-state index contributed by atoms with van der Waals surface area (Å²) in [5.74, 6) is 0.644. The van der Waals surface area contributed by atoms with E-state index in [1.165, 1.54) is 12.1 Å². The molecule has 2 aromatic carbocycles. The number of hydrogen-bond donors (Lipinski definition) is 2. The normalized spacial score (nSPS) is 10.0. The quantitative estimate of drug-likeness (QED) is 0.523. The van der Waals surface area contributed by atoms with E-state index in [0.29, 0.717) is 17.1 Å². The van der Waals surface area contributed by atoms with E-state index in [1.54, 1.807) is 36.4 Å². The standard InChI is InChI=1S/C18H14N4O4/c23-18(20-13-5-2-1-3-6-13)21-14-7-4-8-16(11-14)26-17-10-9-15(12-19-17)22(24)25/h1-12H,(H2,20,21,23). The first-order chi connectivity index (χ1) is 12.6. The van der Waals surface area contributed by atoms with Gasteiger partial charge in [-0.2, -0.15) is 0 Å².